The second-order valence-corrected chi connectivity index (χ2v) is 10.0. The quantitative estimate of drug-likeness (QED) is 0.236. The SMILES string of the molecule is COc1cc(/C=C2\NC(=O)N(C3CCCCC3)C2=O)cc(I)c1OCc1ccc(Cl)cc1Cl. The standard InChI is InChI=1S/C24H23Cl2IN2O4/c1-32-21-11-14(9-19(27)22(21)33-13-15-7-8-16(25)12-18(15)26)10-20-23(30)29(24(31)28-20)17-5-3-2-4-6-17/h7-12,17H,2-6,13H2,1H3,(H,28,31)/b20-10-. The van der Waals surface area contributed by atoms with E-state index in [1.807, 2.05) is 12.1 Å². The molecule has 1 aliphatic heterocycles. The van der Waals surface area contributed by atoms with Crippen LogP contribution in [0.3, 0.4) is 0 Å². The van der Waals surface area contributed by atoms with Gasteiger partial charge in [0.25, 0.3) is 5.91 Å². The summed E-state index contributed by atoms with van der Waals surface area (Å²) in [6.45, 7) is 0.244. The fourth-order valence-electron chi connectivity index (χ4n) is 4.14. The Hall–Kier alpha value is -1.97. The van der Waals surface area contributed by atoms with Crippen molar-refractivity contribution in [3.63, 3.8) is 0 Å². The van der Waals surface area contributed by atoms with E-state index < -0.39 is 0 Å². The number of benzene rings is 2. The van der Waals surface area contributed by atoms with Gasteiger partial charge in [-0.15, -0.1) is 0 Å². The van der Waals surface area contributed by atoms with Crippen LogP contribution in [0.15, 0.2) is 36.0 Å². The summed E-state index contributed by atoms with van der Waals surface area (Å²) >= 11 is 14.4. The normalized spacial score (nSPS) is 18.1. The van der Waals surface area contributed by atoms with Gasteiger partial charge in [-0.25, -0.2) is 4.79 Å². The molecular weight excluding hydrogens is 578 g/mol. The molecule has 0 bridgehead atoms. The molecule has 174 valence electrons. The number of hydrogen-bond acceptors (Lipinski definition) is 4. The lowest BCUT2D eigenvalue weighted by Crippen LogP contribution is -2.41. The van der Waals surface area contributed by atoms with Crippen molar-refractivity contribution in [2.45, 2.75) is 44.8 Å². The molecule has 0 spiro atoms. The molecule has 0 radical (unpaired) electrons. The lowest BCUT2D eigenvalue weighted by Gasteiger charge is -2.28. The van der Waals surface area contributed by atoms with Crippen molar-refractivity contribution in [2.75, 3.05) is 7.11 Å². The van der Waals surface area contributed by atoms with Gasteiger partial charge >= 0.3 is 6.03 Å². The molecule has 0 unspecified atom stereocenters. The topological polar surface area (TPSA) is 67.9 Å². The lowest BCUT2D eigenvalue weighted by atomic mass is 9.94. The Kier molecular flexibility index (Phi) is 7.71. The largest absolute Gasteiger partial charge is 0.493 e. The van der Waals surface area contributed by atoms with Gasteiger partial charge in [0.1, 0.15) is 12.3 Å². The first-order chi connectivity index (χ1) is 15.9. The van der Waals surface area contributed by atoms with Crippen molar-refractivity contribution in [1.82, 2.24) is 10.2 Å². The van der Waals surface area contributed by atoms with Crippen LogP contribution in [0.5, 0.6) is 11.5 Å². The number of imide groups is 1. The summed E-state index contributed by atoms with van der Waals surface area (Å²) in [5.41, 5.74) is 1.79. The van der Waals surface area contributed by atoms with Gasteiger partial charge in [-0.1, -0.05) is 48.5 Å². The summed E-state index contributed by atoms with van der Waals surface area (Å²) in [7, 11) is 1.55. The molecule has 1 N–H and O–H groups in total. The molecule has 1 heterocycles. The Bertz CT molecular complexity index is 1120. The van der Waals surface area contributed by atoms with Gasteiger partial charge in [0.05, 0.1) is 10.7 Å². The van der Waals surface area contributed by atoms with Gasteiger partial charge in [-0.05, 0) is 71.3 Å². The second-order valence-electron chi connectivity index (χ2n) is 8.01. The van der Waals surface area contributed by atoms with E-state index in [1.165, 1.54) is 4.90 Å². The van der Waals surface area contributed by atoms with E-state index in [0.717, 1.165) is 46.8 Å². The van der Waals surface area contributed by atoms with E-state index in [1.54, 1.807) is 31.4 Å². The molecule has 2 aromatic rings. The molecule has 1 aliphatic carbocycles. The summed E-state index contributed by atoms with van der Waals surface area (Å²) in [5, 5.41) is 3.81. The number of nitrogens with zero attached hydrogens (tertiary/aromatic N) is 1. The van der Waals surface area contributed by atoms with E-state index in [-0.39, 0.29) is 30.3 Å². The lowest BCUT2D eigenvalue weighted by molar-refractivity contribution is -0.124. The molecular formula is C24H23Cl2IN2O4. The van der Waals surface area contributed by atoms with Crippen LogP contribution in [-0.4, -0.2) is 30.0 Å². The molecule has 2 fully saturated rings. The predicted octanol–water partition coefficient (Wildman–Crippen LogP) is 6.41. The Morgan fingerprint density at radius 1 is 1.15 bits per heavy atom. The number of carbonyl (C=O) groups is 2. The number of rotatable bonds is 6. The van der Waals surface area contributed by atoms with Gasteiger partial charge in [0, 0.05) is 21.7 Å². The zero-order valence-electron chi connectivity index (χ0n) is 18.0. The highest BCUT2D eigenvalue weighted by molar-refractivity contribution is 14.1. The summed E-state index contributed by atoms with van der Waals surface area (Å²) in [4.78, 5) is 26.8. The molecule has 1 saturated carbocycles. The third kappa shape index (κ3) is 5.41. The number of hydrogen-bond donors (Lipinski definition) is 1. The minimum atomic E-state index is -0.348. The maximum absolute atomic E-state index is 12.9. The van der Waals surface area contributed by atoms with E-state index in [0.29, 0.717) is 21.5 Å². The molecule has 33 heavy (non-hydrogen) atoms. The fourth-order valence-corrected chi connectivity index (χ4v) is 5.38. The average Bonchev–Trinajstić information content (AvgIpc) is 3.07. The highest BCUT2D eigenvalue weighted by atomic mass is 127. The highest BCUT2D eigenvalue weighted by Crippen LogP contribution is 2.36. The summed E-state index contributed by atoms with van der Waals surface area (Å²) in [5.74, 6) is 0.801. The van der Waals surface area contributed by atoms with Gasteiger partial charge < -0.3 is 14.8 Å². The van der Waals surface area contributed by atoms with E-state index in [2.05, 4.69) is 27.9 Å². The van der Waals surface area contributed by atoms with Crippen LogP contribution < -0.4 is 14.8 Å². The minimum absolute atomic E-state index is 0.0257. The number of urea groups is 1. The van der Waals surface area contributed by atoms with Crippen LogP contribution in [0.1, 0.15) is 43.2 Å². The molecule has 0 aromatic heterocycles. The molecule has 2 aromatic carbocycles. The maximum atomic E-state index is 12.9. The van der Waals surface area contributed by atoms with E-state index in [9.17, 15) is 9.59 Å². The Morgan fingerprint density at radius 3 is 2.61 bits per heavy atom. The van der Waals surface area contributed by atoms with Crippen LogP contribution in [0.25, 0.3) is 6.08 Å². The molecule has 4 rings (SSSR count). The third-order valence-electron chi connectivity index (χ3n) is 5.80. The minimum Gasteiger partial charge on any atom is -0.493 e. The first-order valence-corrected chi connectivity index (χ1v) is 12.5. The number of ether oxygens (including phenoxy) is 2. The van der Waals surface area contributed by atoms with Crippen molar-refractivity contribution in [3.05, 3.63) is 60.8 Å². The van der Waals surface area contributed by atoms with Gasteiger partial charge in [0.2, 0.25) is 0 Å². The van der Waals surface area contributed by atoms with Gasteiger partial charge in [0.15, 0.2) is 11.5 Å². The zero-order valence-corrected chi connectivity index (χ0v) is 21.7. The summed E-state index contributed by atoms with van der Waals surface area (Å²) in [6, 6.07) is 8.52. The highest BCUT2D eigenvalue weighted by Gasteiger charge is 2.39. The molecule has 6 nitrogen and oxygen atoms in total. The van der Waals surface area contributed by atoms with Crippen molar-refractivity contribution >= 4 is 63.8 Å². The predicted molar refractivity (Wildman–Crippen MR) is 137 cm³/mol. The summed E-state index contributed by atoms with van der Waals surface area (Å²) < 4.78 is 12.3. The Labute approximate surface area is 216 Å². The van der Waals surface area contributed by atoms with E-state index >= 15 is 0 Å². The Morgan fingerprint density at radius 2 is 1.91 bits per heavy atom. The average molecular weight is 601 g/mol. The number of nitrogens with one attached hydrogen (secondary N) is 1. The zero-order chi connectivity index (χ0) is 23.5. The number of carbonyl (C=O) groups excluding carboxylic acids is 2. The number of methoxy groups -OCH3 is 1. The molecule has 1 saturated heterocycles. The fraction of sp³-hybridized carbons (Fsp3) is 0.333. The Balaban J connectivity index is 1.54. The van der Waals surface area contributed by atoms with Crippen molar-refractivity contribution in [2.24, 2.45) is 0 Å². The molecule has 3 amide bonds. The monoisotopic (exact) mass is 600 g/mol. The molecule has 9 heteroatoms. The first-order valence-electron chi connectivity index (χ1n) is 10.7. The van der Waals surface area contributed by atoms with Crippen molar-refractivity contribution in [3.8, 4) is 11.5 Å². The van der Waals surface area contributed by atoms with Crippen LogP contribution in [0.4, 0.5) is 4.79 Å². The van der Waals surface area contributed by atoms with E-state index in [4.69, 9.17) is 32.7 Å². The summed E-state index contributed by atoms with van der Waals surface area (Å²) in [6.07, 6.45) is 6.63. The first kappa shape index (κ1) is 24.2. The number of halogens is 3. The van der Waals surface area contributed by atoms with Gasteiger partial charge in [-0.2, -0.15) is 0 Å². The third-order valence-corrected chi connectivity index (χ3v) is 7.19. The molecule has 2 aliphatic rings. The van der Waals surface area contributed by atoms with Crippen LogP contribution in [-0.2, 0) is 11.4 Å². The van der Waals surface area contributed by atoms with Crippen molar-refractivity contribution < 1.29 is 19.1 Å². The number of amides is 3. The van der Waals surface area contributed by atoms with Crippen LogP contribution >= 0.6 is 45.8 Å². The van der Waals surface area contributed by atoms with Crippen LogP contribution in [0, 0.1) is 3.57 Å². The van der Waals surface area contributed by atoms with Crippen molar-refractivity contribution in [1.29, 1.82) is 0 Å². The molecule has 0 atom stereocenters. The van der Waals surface area contributed by atoms with Crippen LogP contribution in [0.2, 0.25) is 10.0 Å². The maximum Gasteiger partial charge on any atom is 0.329 e. The second kappa shape index (κ2) is 10.5. The van der Waals surface area contributed by atoms with Gasteiger partial charge in [-0.3, -0.25) is 9.69 Å². The smallest absolute Gasteiger partial charge is 0.329 e.